The van der Waals surface area contributed by atoms with Gasteiger partial charge in [0.15, 0.2) is 0 Å². The Labute approximate surface area is 88.9 Å². The Morgan fingerprint density at radius 1 is 1.64 bits per heavy atom. The van der Waals surface area contributed by atoms with E-state index in [1.165, 1.54) is 0 Å². The average Bonchev–Trinajstić information content (AvgIpc) is 2.58. The van der Waals surface area contributed by atoms with Crippen LogP contribution in [0.25, 0.3) is 0 Å². The number of nitrogens with zero attached hydrogens (tertiary/aromatic N) is 2. The first kappa shape index (κ1) is 11.3. The standard InChI is InChI=1S/C10H16N2OS/c1-3-14-8-10(13)5-4-9-6-11-12(2)7-9/h6-7H,3-5,8H2,1-2H3. The molecule has 0 saturated carbocycles. The Kier molecular flexibility index (Phi) is 4.73. The van der Waals surface area contributed by atoms with Crippen LogP contribution in [0.4, 0.5) is 0 Å². The molecule has 0 aromatic carbocycles. The molecular formula is C10H16N2OS. The van der Waals surface area contributed by atoms with Gasteiger partial charge in [0.1, 0.15) is 5.78 Å². The third-order valence-electron chi connectivity index (χ3n) is 1.92. The average molecular weight is 212 g/mol. The topological polar surface area (TPSA) is 34.9 Å². The Bertz CT molecular complexity index is 296. The van der Waals surface area contributed by atoms with Gasteiger partial charge in [-0.3, -0.25) is 9.48 Å². The summed E-state index contributed by atoms with van der Waals surface area (Å²) in [5.41, 5.74) is 1.14. The second-order valence-electron chi connectivity index (χ2n) is 3.20. The van der Waals surface area contributed by atoms with Crippen molar-refractivity contribution >= 4 is 17.5 Å². The van der Waals surface area contributed by atoms with E-state index in [2.05, 4.69) is 12.0 Å². The Morgan fingerprint density at radius 3 is 3.00 bits per heavy atom. The van der Waals surface area contributed by atoms with E-state index in [1.807, 2.05) is 19.4 Å². The Morgan fingerprint density at radius 2 is 2.43 bits per heavy atom. The minimum Gasteiger partial charge on any atom is -0.299 e. The van der Waals surface area contributed by atoms with Crippen LogP contribution < -0.4 is 0 Å². The van der Waals surface area contributed by atoms with E-state index in [4.69, 9.17) is 0 Å². The molecule has 0 atom stereocenters. The molecule has 1 rings (SSSR count). The van der Waals surface area contributed by atoms with Gasteiger partial charge in [0.05, 0.1) is 11.9 Å². The lowest BCUT2D eigenvalue weighted by Crippen LogP contribution is -2.03. The van der Waals surface area contributed by atoms with Crippen molar-refractivity contribution in [3.05, 3.63) is 18.0 Å². The highest BCUT2D eigenvalue weighted by Gasteiger charge is 2.03. The molecule has 0 fully saturated rings. The maximum absolute atomic E-state index is 11.3. The number of aromatic nitrogens is 2. The number of ketones is 1. The molecule has 4 heteroatoms. The first-order chi connectivity index (χ1) is 6.72. The van der Waals surface area contributed by atoms with Crippen molar-refractivity contribution in [2.75, 3.05) is 11.5 Å². The molecule has 1 heterocycles. The van der Waals surface area contributed by atoms with Crippen LogP contribution in [0, 0.1) is 0 Å². The predicted molar refractivity (Wildman–Crippen MR) is 59.5 cm³/mol. The zero-order valence-corrected chi connectivity index (χ0v) is 9.51. The molecule has 0 unspecified atom stereocenters. The van der Waals surface area contributed by atoms with Crippen molar-refractivity contribution in [3.8, 4) is 0 Å². The van der Waals surface area contributed by atoms with Crippen LogP contribution in [0.15, 0.2) is 12.4 Å². The van der Waals surface area contributed by atoms with E-state index in [-0.39, 0.29) is 0 Å². The first-order valence-electron chi connectivity index (χ1n) is 4.79. The zero-order chi connectivity index (χ0) is 10.4. The smallest absolute Gasteiger partial charge is 0.143 e. The van der Waals surface area contributed by atoms with Gasteiger partial charge in [-0.2, -0.15) is 16.9 Å². The summed E-state index contributed by atoms with van der Waals surface area (Å²) in [4.78, 5) is 11.3. The molecule has 78 valence electrons. The highest BCUT2D eigenvalue weighted by Crippen LogP contribution is 2.05. The molecule has 1 aromatic rings. The number of hydrogen-bond acceptors (Lipinski definition) is 3. The van der Waals surface area contributed by atoms with E-state index < -0.39 is 0 Å². The molecule has 0 bridgehead atoms. The van der Waals surface area contributed by atoms with Crippen molar-refractivity contribution in [2.45, 2.75) is 19.8 Å². The van der Waals surface area contributed by atoms with Gasteiger partial charge in [-0.05, 0) is 17.7 Å². The third-order valence-corrected chi connectivity index (χ3v) is 2.85. The van der Waals surface area contributed by atoms with Crippen LogP contribution >= 0.6 is 11.8 Å². The van der Waals surface area contributed by atoms with Crippen molar-refractivity contribution in [2.24, 2.45) is 7.05 Å². The molecule has 14 heavy (non-hydrogen) atoms. The lowest BCUT2D eigenvalue weighted by atomic mass is 10.1. The van der Waals surface area contributed by atoms with Crippen LogP contribution in [0.3, 0.4) is 0 Å². The number of carbonyl (C=O) groups excluding carboxylic acids is 1. The molecule has 0 spiro atoms. The largest absolute Gasteiger partial charge is 0.299 e. The summed E-state index contributed by atoms with van der Waals surface area (Å²) in [6, 6.07) is 0. The molecule has 0 aliphatic heterocycles. The van der Waals surface area contributed by atoms with Crippen LogP contribution in [0.5, 0.6) is 0 Å². The van der Waals surface area contributed by atoms with Crippen LogP contribution in [-0.2, 0) is 18.3 Å². The van der Waals surface area contributed by atoms with Crippen LogP contribution in [0.1, 0.15) is 18.9 Å². The van der Waals surface area contributed by atoms with E-state index in [1.54, 1.807) is 16.4 Å². The van der Waals surface area contributed by atoms with Gasteiger partial charge >= 0.3 is 0 Å². The molecular weight excluding hydrogens is 196 g/mol. The molecule has 1 aromatic heterocycles. The van der Waals surface area contributed by atoms with Gasteiger partial charge in [0, 0.05) is 19.7 Å². The Hall–Kier alpha value is -0.770. The number of rotatable bonds is 6. The number of Topliss-reactive ketones (excluding diaryl/α,β-unsaturated/α-hetero) is 1. The van der Waals surface area contributed by atoms with Gasteiger partial charge < -0.3 is 0 Å². The van der Waals surface area contributed by atoms with Crippen LogP contribution in [-0.4, -0.2) is 27.1 Å². The third kappa shape index (κ3) is 3.96. The highest BCUT2D eigenvalue weighted by atomic mass is 32.2. The fourth-order valence-corrected chi connectivity index (χ4v) is 1.75. The van der Waals surface area contributed by atoms with E-state index in [9.17, 15) is 4.79 Å². The number of carbonyl (C=O) groups is 1. The molecule has 0 aliphatic rings. The lowest BCUT2D eigenvalue weighted by molar-refractivity contribution is -0.116. The second kappa shape index (κ2) is 5.86. The summed E-state index contributed by atoms with van der Waals surface area (Å²) < 4.78 is 1.76. The fourth-order valence-electron chi connectivity index (χ4n) is 1.17. The maximum Gasteiger partial charge on any atom is 0.143 e. The molecule has 3 nitrogen and oxygen atoms in total. The highest BCUT2D eigenvalue weighted by molar-refractivity contribution is 7.99. The van der Waals surface area contributed by atoms with Crippen molar-refractivity contribution in [1.29, 1.82) is 0 Å². The first-order valence-corrected chi connectivity index (χ1v) is 5.94. The monoisotopic (exact) mass is 212 g/mol. The fraction of sp³-hybridized carbons (Fsp3) is 0.600. The molecule has 0 N–H and O–H groups in total. The van der Waals surface area contributed by atoms with Gasteiger partial charge in [0.2, 0.25) is 0 Å². The molecule has 0 radical (unpaired) electrons. The van der Waals surface area contributed by atoms with E-state index >= 15 is 0 Å². The Balaban J connectivity index is 2.23. The zero-order valence-electron chi connectivity index (χ0n) is 8.69. The number of thioether (sulfide) groups is 1. The second-order valence-corrected chi connectivity index (χ2v) is 4.47. The SMILES string of the molecule is CCSCC(=O)CCc1cnn(C)c1. The van der Waals surface area contributed by atoms with Gasteiger partial charge in [0.25, 0.3) is 0 Å². The molecule has 0 amide bonds. The van der Waals surface area contributed by atoms with E-state index in [0.717, 1.165) is 17.7 Å². The van der Waals surface area contributed by atoms with E-state index in [0.29, 0.717) is 18.0 Å². The predicted octanol–water partition coefficient (Wildman–Crippen LogP) is 1.67. The molecule has 0 saturated heterocycles. The lowest BCUT2D eigenvalue weighted by Gasteiger charge is -1.97. The minimum absolute atomic E-state index is 0.334. The quantitative estimate of drug-likeness (QED) is 0.719. The number of aryl methyl sites for hydroxylation is 2. The summed E-state index contributed by atoms with van der Waals surface area (Å²) >= 11 is 1.69. The van der Waals surface area contributed by atoms with Crippen LogP contribution in [0.2, 0.25) is 0 Å². The van der Waals surface area contributed by atoms with Gasteiger partial charge in [-0.1, -0.05) is 6.92 Å². The summed E-state index contributed by atoms with van der Waals surface area (Å²) in [7, 11) is 1.89. The van der Waals surface area contributed by atoms with Crippen molar-refractivity contribution in [1.82, 2.24) is 9.78 Å². The van der Waals surface area contributed by atoms with Crippen molar-refractivity contribution < 1.29 is 4.79 Å². The van der Waals surface area contributed by atoms with Crippen molar-refractivity contribution in [3.63, 3.8) is 0 Å². The summed E-state index contributed by atoms with van der Waals surface area (Å²) in [6.07, 6.45) is 5.23. The summed E-state index contributed by atoms with van der Waals surface area (Å²) in [5, 5.41) is 4.06. The summed E-state index contributed by atoms with van der Waals surface area (Å²) in [5.74, 6) is 2.00. The normalized spacial score (nSPS) is 10.4. The number of hydrogen-bond donors (Lipinski definition) is 0. The maximum atomic E-state index is 11.3. The summed E-state index contributed by atoms with van der Waals surface area (Å²) in [6.45, 7) is 2.07. The minimum atomic E-state index is 0.334. The van der Waals surface area contributed by atoms with Gasteiger partial charge in [-0.15, -0.1) is 0 Å². The van der Waals surface area contributed by atoms with Gasteiger partial charge in [-0.25, -0.2) is 0 Å². The molecule has 0 aliphatic carbocycles.